The molecule has 0 fully saturated rings. The van der Waals surface area contributed by atoms with Crippen molar-refractivity contribution >= 4 is 34.7 Å². The minimum Gasteiger partial charge on any atom is -0.411 e. The largest absolute Gasteiger partial charge is 0.411 e. The fraction of sp³-hybridized carbons (Fsp3) is 0.167. The van der Waals surface area contributed by atoms with E-state index in [1.165, 1.54) is 11.8 Å². The lowest BCUT2D eigenvalue weighted by Crippen LogP contribution is -2.38. The van der Waals surface area contributed by atoms with E-state index in [-0.39, 0.29) is 17.7 Å². The van der Waals surface area contributed by atoms with Gasteiger partial charge in [0, 0.05) is 41.1 Å². The zero-order valence-corrected chi connectivity index (χ0v) is 18.6. The fourth-order valence-electron chi connectivity index (χ4n) is 3.20. The number of aromatic nitrogens is 3. The Kier molecular flexibility index (Phi) is 6.81. The maximum Gasteiger partial charge on any atom is 0.277 e. The van der Waals surface area contributed by atoms with Crippen molar-refractivity contribution in [2.24, 2.45) is 0 Å². The smallest absolute Gasteiger partial charge is 0.277 e. The van der Waals surface area contributed by atoms with Crippen LogP contribution in [0.3, 0.4) is 0 Å². The summed E-state index contributed by atoms with van der Waals surface area (Å²) in [6.45, 7) is 3.99. The van der Waals surface area contributed by atoms with E-state index in [2.05, 4.69) is 20.5 Å². The predicted octanol–water partition coefficient (Wildman–Crippen LogP) is 5.41. The van der Waals surface area contributed by atoms with Gasteiger partial charge in [-0.1, -0.05) is 30.0 Å². The minimum absolute atomic E-state index is 0.00565. The van der Waals surface area contributed by atoms with Crippen molar-refractivity contribution < 1.29 is 9.21 Å². The van der Waals surface area contributed by atoms with E-state index in [1.54, 1.807) is 29.4 Å². The van der Waals surface area contributed by atoms with E-state index in [0.717, 1.165) is 22.6 Å². The highest BCUT2D eigenvalue weighted by Crippen LogP contribution is 2.26. The zero-order valence-electron chi connectivity index (χ0n) is 17.8. The number of pyridine rings is 1. The summed E-state index contributed by atoms with van der Waals surface area (Å²) >= 11 is 1.23. The molecule has 0 saturated heterocycles. The number of carbonyl (C=O) groups is 1. The molecule has 2 heterocycles. The Balaban J connectivity index is 1.40. The highest BCUT2D eigenvalue weighted by atomic mass is 32.2. The van der Waals surface area contributed by atoms with Crippen molar-refractivity contribution in [1.82, 2.24) is 15.2 Å². The van der Waals surface area contributed by atoms with Crippen molar-refractivity contribution in [3.8, 4) is 11.5 Å². The van der Waals surface area contributed by atoms with Gasteiger partial charge in [0.1, 0.15) is 0 Å². The molecule has 0 radical (unpaired) electrons. The van der Waals surface area contributed by atoms with E-state index in [1.807, 2.05) is 68.4 Å². The van der Waals surface area contributed by atoms with Gasteiger partial charge >= 0.3 is 0 Å². The van der Waals surface area contributed by atoms with Crippen LogP contribution >= 0.6 is 11.8 Å². The molecule has 0 bridgehead atoms. The first-order valence-corrected chi connectivity index (χ1v) is 11.2. The topological polar surface area (TPSA) is 84.2 Å². The number of carbonyl (C=O) groups excluding carboxylic acids is 1. The Labute approximate surface area is 190 Å². The molecule has 0 aliphatic heterocycles. The van der Waals surface area contributed by atoms with Gasteiger partial charge in [-0.3, -0.25) is 9.78 Å². The standard InChI is InChI=1S/C24H23N5O2S/c1-17(2)29(21-10-8-20(9-11-21)26-19-6-4-3-5-7-19)22(30)16-32-24-28-27-23(31-24)18-12-14-25-15-13-18/h3-15,17,26H,16H2,1-2H3. The molecule has 0 saturated carbocycles. The number of nitrogens with one attached hydrogen (secondary N) is 1. The average molecular weight is 446 g/mol. The second-order valence-electron chi connectivity index (χ2n) is 7.29. The Morgan fingerprint density at radius 2 is 1.66 bits per heavy atom. The predicted molar refractivity (Wildman–Crippen MR) is 127 cm³/mol. The molecule has 32 heavy (non-hydrogen) atoms. The number of anilines is 3. The first-order valence-electron chi connectivity index (χ1n) is 10.2. The van der Waals surface area contributed by atoms with Crippen LogP contribution in [-0.2, 0) is 4.79 Å². The molecule has 8 heteroatoms. The number of amides is 1. The Bertz CT molecular complexity index is 1150. The molecule has 0 spiro atoms. The molecule has 7 nitrogen and oxygen atoms in total. The summed E-state index contributed by atoms with van der Waals surface area (Å²) in [5, 5.41) is 11.8. The Morgan fingerprint density at radius 3 is 2.34 bits per heavy atom. The van der Waals surface area contributed by atoms with Gasteiger partial charge in [-0.15, -0.1) is 10.2 Å². The van der Waals surface area contributed by atoms with Crippen LogP contribution in [0, 0.1) is 0 Å². The number of hydrogen-bond donors (Lipinski definition) is 1. The summed E-state index contributed by atoms with van der Waals surface area (Å²) in [7, 11) is 0. The van der Waals surface area contributed by atoms with Crippen LogP contribution < -0.4 is 10.2 Å². The average Bonchev–Trinajstić information content (AvgIpc) is 3.29. The van der Waals surface area contributed by atoms with Crippen molar-refractivity contribution in [1.29, 1.82) is 0 Å². The summed E-state index contributed by atoms with van der Waals surface area (Å²) in [6.07, 6.45) is 3.33. The first-order chi connectivity index (χ1) is 15.6. The third-order valence-electron chi connectivity index (χ3n) is 4.65. The SMILES string of the molecule is CC(C)N(C(=O)CSc1nnc(-c2ccncc2)o1)c1ccc(Nc2ccccc2)cc1. The second kappa shape index (κ2) is 10.1. The molecule has 1 amide bonds. The summed E-state index contributed by atoms with van der Waals surface area (Å²) in [5.41, 5.74) is 3.60. The van der Waals surface area contributed by atoms with E-state index in [9.17, 15) is 4.79 Å². The Morgan fingerprint density at radius 1 is 0.969 bits per heavy atom. The summed E-state index contributed by atoms with van der Waals surface area (Å²) in [4.78, 5) is 18.8. The maximum atomic E-state index is 13.0. The third kappa shape index (κ3) is 5.33. The highest BCUT2D eigenvalue weighted by Gasteiger charge is 2.20. The van der Waals surface area contributed by atoms with Crippen LogP contribution in [0.4, 0.5) is 17.1 Å². The lowest BCUT2D eigenvalue weighted by atomic mass is 10.2. The molecular formula is C24H23N5O2S. The fourth-order valence-corrected chi connectivity index (χ4v) is 3.82. The molecule has 4 aromatic rings. The minimum atomic E-state index is -0.0302. The number of para-hydroxylation sites is 1. The molecule has 0 atom stereocenters. The van der Waals surface area contributed by atoms with Crippen LogP contribution in [0.25, 0.3) is 11.5 Å². The van der Waals surface area contributed by atoms with E-state index >= 15 is 0 Å². The molecular weight excluding hydrogens is 422 g/mol. The molecule has 0 unspecified atom stereocenters. The van der Waals surface area contributed by atoms with Gasteiger partial charge in [0.15, 0.2) is 0 Å². The van der Waals surface area contributed by atoms with Gasteiger partial charge in [0.05, 0.1) is 5.75 Å². The van der Waals surface area contributed by atoms with Crippen LogP contribution in [0.1, 0.15) is 13.8 Å². The van der Waals surface area contributed by atoms with E-state index in [4.69, 9.17) is 4.42 Å². The van der Waals surface area contributed by atoms with Crippen LogP contribution in [0.2, 0.25) is 0 Å². The highest BCUT2D eigenvalue weighted by molar-refractivity contribution is 7.99. The van der Waals surface area contributed by atoms with Crippen molar-refractivity contribution in [2.45, 2.75) is 25.1 Å². The molecule has 0 aliphatic carbocycles. The number of hydrogen-bond acceptors (Lipinski definition) is 7. The van der Waals surface area contributed by atoms with Crippen LogP contribution in [-0.4, -0.2) is 32.9 Å². The van der Waals surface area contributed by atoms with Gasteiger partial charge < -0.3 is 14.6 Å². The second-order valence-corrected chi connectivity index (χ2v) is 8.22. The van der Waals surface area contributed by atoms with Gasteiger partial charge in [-0.2, -0.15) is 0 Å². The maximum absolute atomic E-state index is 13.0. The van der Waals surface area contributed by atoms with Gasteiger partial charge in [-0.05, 0) is 62.4 Å². The number of benzene rings is 2. The molecule has 162 valence electrons. The lowest BCUT2D eigenvalue weighted by Gasteiger charge is -2.27. The van der Waals surface area contributed by atoms with Crippen molar-refractivity contribution in [3.63, 3.8) is 0 Å². The Hall–Kier alpha value is -3.65. The van der Waals surface area contributed by atoms with Gasteiger partial charge in [0.2, 0.25) is 11.8 Å². The normalized spacial score (nSPS) is 10.8. The first kappa shape index (κ1) is 21.6. The monoisotopic (exact) mass is 445 g/mol. The molecule has 0 aliphatic rings. The summed E-state index contributed by atoms with van der Waals surface area (Å²) in [6, 6.07) is 21.4. The van der Waals surface area contributed by atoms with Crippen LogP contribution in [0.5, 0.6) is 0 Å². The molecule has 2 aromatic heterocycles. The third-order valence-corrected chi connectivity index (χ3v) is 5.45. The zero-order chi connectivity index (χ0) is 22.3. The summed E-state index contributed by atoms with van der Waals surface area (Å²) in [5.74, 6) is 0.571. The van der Waals surface area contributed by atoms with Gasteiger partial charge in [0.25, 0.3) is 5.22 Å². The summed E-state index contributed by atoms with van der Waals surface area (Å²) < 4.78 is 5.67. The van der Waals surface area contributed by atoms with E-state index in [0.29, 0.717) is 11.1 Å². The molecule has 2 aromatic carbocycles. The van der Waals surface area contributed by atoms with Crippen molar-refractivity contribution in [3.05, 3.63) is 79.1 Å². The molecule has 4 rings (SSSR count). The van der Waals surface area contributed by atoms with Gasteiger partial charge in [-0.25, -0.2) is 0 Å². The number of rotatable bonds is 8. The quantitative estimate of drug-likeness (QED) is 0.363. The number of thioether (sulfide) groups is 1. The lowest BCUT2D eigenvalue weighted by molar-refractivity contribution is -0.116. The van der Waals surface area contributed by atoms with Crippen LogP contribution in [0.15, 0.2) is 88.8 Å². The number of nitrogens with zero attached hydrogens (tertiary/aromatic N) is 4. The van der Waals surface area contributed by atoms with Crippen molar-refractivity contribution in [2.75, 3.05) is 16.0 Å². The molecule has 1 N–H and O–H groups in total. The van der Waals surface area contributed by atoms with E-state index < -0.39 is 0 Å².